The monoisotopic (exact) mass is 329 g/mol. The van der Waals surface area contributed by atoms with Crippen molar-refractivity contribution in [3.05, 3.63) is 35.7 Å². The second-order valence-corrected chi connectivity index (χ2v) is 6.84. The van der Waals surface area contributed by atoms with Crippen molar-refractivity contribution in [2.45, 2.75) is 32.1 Å². The molecule has 1 aliphatic rings. The Morgan fingerprint density at radius 3 is 2.54 bits per heavy atom. The third-order valence-electron chi connectivity index (χ3n) is 4.90. The van der Waals surface area contributed by atoms with Gasteiger partial charge in [0.2, 0.25) is 11.9 Å². The number of nitrogens with zero attached hydrogens (tertiary/aromatic N) is 2. The van der Waals surface area contributed by atoms with Gasteiger partial charge in [0.25, 0.3) is 0 Å². The first-order valence-corrected chi connectivity index (χ1v) is 7.99. The molecule has 128 valence electrons. The van der Waals surface area contributed by atoms with Crippen molar-refractivity contribution in [3.63, 3.8) is 0 Å². The summed E-state index contributed by atoms with van der Waals surface area (Å²) in [7, 11) is 1.63. The number of methoxy groups -OCH3 is 1. The molecule has 1 amide bonds. The highest BCUT2D eigenvalue weighted by Gasteiger charge is 2.66. The van der Waals surface area contributed by atoms with Gasteiger partial charge in [0.15, 0.2) is 0 Å². The van der Waals surface area contributed by atoms with Crippen molar-refractivity contribution in [2.75, 3.05) is 19.4 Å². The Hall–Kier alpha value is -2.57. The van der Waals surface area contributed by atoms with Gasteiger partial charge in [0.05, 0.1) is 12.5 Å². The Labute approximate surface area is 141 Å². The molecule has 1 heterocycles. The molecule has 1 aromatic heterocycles. The topological polar surface area (TPSA) is 106 Å². The van der Waals surface area contributed by atoms with E-state index in [2.05, 4.69) is 34.3 Å². The number of anilines is 1. The second-order valence-electron chi connectivity index (χ2n) is 6.84. The van der Waals surface area contributed by atoms with E-state index in [1.54, 1.807) is 7.11 Å². The van der Waals surface area contributed by atoms with Gasteiger partial charge in [-0.05, 0) is 29.5 Å². The van der Waals surface area contributed by atoms with Crippen LogP contribution in [0.5, 0.6) is 5.75 Å². The molecule has 7 nitrogen and oxygen atoms in total. The minimum atomic E-state index is -0.486. The van der Waals surface area contributed by atoms with E-state index in [1.165, 1.54) is 0 Å². The van der Waals surface area contributed by atoms with E-state index in [0.717, 1.165) is 17.7 Å². The summed E-state index contributed by atoms with van der Waals surface area (Å²) in [5.74, 6) is 1.72. The number of nitrogens with one attached hydrogen (secondary N) is 2. The summed E-state index contributed by atoms with van der Waals surface area (Å²) in [6.07, 6.45) is 1.39. The first kappa shape index (κ1) is 16.3. The first-order chi connectivity index (χ1) is 11.4. The third-order valence-corrected chi connectivity index (χ3v) is 4.90. The number of nitrogens with two attached hydrogens (primary N) is 1. The lowest BCUT2D eigenvalue weighted by Gasteiger charge is -2.21. The standard InChI is InChI=1S/C17H23N5O2/c1-16(2)10-17(16,11-4-6-12(24-3)7-5-11)14(23)19-9-8-13-20-15(18)22-21-13/h4-7H,8-10H2,1-3H3,(H,19,23)(H3,18,20,21,22)/t17-/m1/s1. The summed E-state index contributed by atoms with van der Waals surface area (Å²) in [5, 5.41) is 9.55. The molecule has 24 heavy (non-hydrogen) atoms. The number of amides is 1. The minimum absolute atomic E-state index is 0.0464. The van der Waals surface area contributed by atoms with Crippen LogP contribution in [0.1, 0.15) is 31.7 Å². The highest BCUT2D eigenvalue weighted by Crippen LogP contribution is 2.64. The summed E-state index contributed by atoms with van der Waals surface area (Å²) < 4.78 is 5.20. The SMILES string of the molecule is COc1ccc([C@@]2(C(=O)NCCc3nc(N)n[nH]3)CC2(C)C)cc1. The predicted molar refractivity (Wildman–Crippen MR) is 90.6 cm³/mol. The normalized spacial score (nSPS) is 21.3. The summed E-state index contributed by atoms with van der Waals surface area (Å²) in [5.41, 5.74) is 5.94. The van der Waals surface area contributed by atoms with Gasteiger partial charge < -0.3 is 15.8 Å². The Morgan fingerprint density at radius 1 is 1.38 bits per heavy atom. The number of nitrogen functional groups attached to an aromatic ring is 1. The molecule has 0 aliphatic heterocycles. The highest BCUT2D eigenvalue weighted by molar-refractivity contribution is 5.93. The number of ether oxygens (including phenoxy) is 1. The van der Waals surface area contributed by atoms with Crippen LogP contribution in [0.3, 0.4) is 0 Å². The average molecular weight is 329 g/mol. The van der Waals surface area contributed by atoms with Crippen LogP contribution in [0.4, 0.5) is 5.95 Å². The second kappa shape index (κ2) is 5.81. The van der Waals surface area contributed by atoms with Gasteiger partial charge in [-0.15, -0.1) is 5.10 Å². The fourth-order valence-electron chi connectivity index (χ4n) is 3.37. The fourth-order valence-corrected chi connectivity index (χ4v) is 3.37. The molecule has 1 aliphatic carbocycles. The molecule has 1 atom stereocenters. The maximum atomic E-state index is 12.9. The average Bonchev–Trinajstić information content (AvgIpc) is 2.92. The van der Waals surface area contributed by atoms with Gasteiger partial charge in [0.1, 0.15) is 11.6 Å². The minimum Gasteiger partial charge on any atom is -0.497 e. The van der Waals surface area contributed by atoms with Gasteiger partial charge in [-0.25, -0.2) is 0 Å². The Morgan fingerprint density at radius 2 is 2.04 bits per heavy atom. The van der Waals surface area contributed by atoms with Crippen LogP contribution in [-0.4, -0.2) is 34.7 Å². The molecule has 0 unspecified atom stereocenters. The Kier molecular flexibility index (Phi) is 3.95. The number of carbonyl (C=O) groups excluding carboxylic acids is 1. The van der Waals surface area contributed by atoms with Crippen molar-refractivity contribution >= 4 is 11.9 Å². The number of benzene rings is 1. The highest BCUT2D eigenvalue weighted by atomic mass is 16.5. The van der Waals surface area contributed by atoms with Gasteiger partial charge in [0, 0.05) is 13.0 Å². The molecular formula is C17H23N5O2. The third kappa shape index (κ3) is 2.70. The van der Waals surface area contributed by atoms with Gasteiger partial charge >= 0.3 is 0 Å². The quantitative estimate of drug-likeness (QED) is 0.743. The molecule has 3 rings (SSSR count). The van der Waals surface area contributed by atoms with Gasteiger partial charge in [-0.1, -0.05) is 26.0 Å². The molecule has 0 radical (unpaired) electrons. The largest absolute Gasteiger partial charge is 0.497 e. The molecule has 1 aromatic carbocycles. The van der Waals surface area contributed by atoms with Crippen LogP contribution >= 0.6 is 0 Å². The van der Waals surface area contributed by atoms with Gasteiger partial charge in [-0.3, -0.25) is 9.89 Å². The molecule has 0 spiro atoms. The number of hydrogen-bond acceptors (Lipinski definition) is 5. The lowest BCUT2D eigenvalue weighted by Crippen LogP contribution is -2.38. The summed E-state index contributed by atoms with van der Waals surface area (Å²) in [6.45, 7) is 4.73. The molecule has 7 heteroatoms. The molecular weight excluding hydrogens is 306 g/mol. The van der Waals surface area contributed by atoms with E-state index in [-0.39, 0.29) is 17.3 Å². The van der Waals surface area contributed by atoms with Gasteiger partial charge in [-0.2, -0.15) is 4.98 Å². The number of rotatable bonds is 6. The van der Waals surface area contributed by atoms with Crippen LogP contribution in [0.25, 0.3) is 0 Å². The maximum absolute atomic E-state index is 12.9. The van der Waals surface area contributed by atoms with Crippen molar-refractivity contribution in [2.24, 2.45) is 5.41 Å². The van der Waals surface area contributed by atoms with E-state index >= 15 is 0 Å². The summed E-state index contributed by atoms with van der Waals surface area (Å²) in [6, 6.07) is 7.75. The van der Waals surface area contributed by atoms with Crippen LogP contribution in [0.2, 0.25) is 0 Å². The van der Waals surface area contributed by atoms with Crippen LogP contribution in [-0.2, 0) is 16.6 Å². The molecule has 0 bridgehead atoms. The van der Waals surface area contributed by atoms with Crippen LogP contribution in [0, 0.1) is 5.41 Å². The van der Waals surface area contributed by atoms with E-state index in [9.17, 15) is 4.79 Å². The molecule has 1 fully saturated rings. The first-order valence-electron chi connectivity index (χ1n) is 7.99. The molecule has 0 saturated heterocycles. The van der Waals surface area contributed by atoms with Crippen molar-refractivity contribution in [1.29, 1.82) is 0 Å². The number of H-pyrrole nitrogens is 1. The number of aromatic amines is 1. The Bertz CT molecular complexity index is 738. The zero-order valence-electron chi connectivity index (χ0n) is 14.2. The number of aromatic nitrogens is 3. The lowest BCUT2D eigenvalue weighted by molar-refractivity contribution is -0.124. The van der Waals surface area contributed by atoms with E-state index in [1.807, 2.05) is 24.3 Å². The van der Waals surface area contributed by atoms with E-state index < -0.39 is 5.41 Å². The molecule has 1 saturated carbocycles. The number of hydrogen-bond donors (Lipinski definition) is 3. The van der Waals surface area contributed by atoms with E-state index in [0.29, 0.717) is 18.8 Å². The lowest BCUT2D eigenvalue weighted by atomic mass is 9.87. The predicted octanol–water partition coefficient (Wildman–Crippen LogP) is 1.42. The van der Waals surface area contributed by atoms with Crippen molar-refractivity contribution in [3.8, 4) is 5.75 Å². The smallest absolute Gasteiger partial charge is 0.239 e. The number of carbonyl (C=O) groups is 1. The van der Waals surface area contributed by atoms with Crippen molar-refractivity contribution < 1.29 is 9.53 Å². The zero-order chi connectivity index (χ0) is 17.4. The van der Waals surface area contributed by atoms with Crippen LogP contribution < -0.4 is 15.8 Å². The Balaban J connectivity index is 1.69. The molecule has 2 aromatic rings. The maximum Gasteiger partial charge on any atom is 0.239 e. The summed E-state index contributed by atoms with van der Waals surface area (Å²) in [4.78, 5) is 16.9. The van der Waals surface area contributed by atoms with Crippen LogP contribution in [0.15, 0.2) is 24.3 Å². The zero-order valence-corrected chi connectivity index (χ0v) is 14.2. The fraction of sp³-hybridized carbons (Fsp3) is 0.471. The summed E-state index contributed by atoms with van der Waals surface area (Å²) >= 11 is 0. The molecule has 4 N–H and O–H groups in total. The van der Waals surface area contributed by atoms with Crippen molar-refractivity contribution in [1.82, 2.24) is 20.5 Å². The van der Waals surface area contributed by atoms with E-state index in [4.69, 9.17) is 10.5 Å².